The Bertz CT molecular complexity index is 458. The number of carbonyl (C=O) groups excluding carboxylic acids is 1. The van der Waals surface area contributed by atoms with Crippen LogP contribution >= 0.6 is 0 Å². The Balaban J connectivity index is 2.03. The summed E-state index contributed by atoms with van der Waals surface area (Å²) in [6.45, 7) is 2.09. The summed E-state index contributed by atoms with van der Waals surface area (Å²) < 4.78 is 0. The third kappa shape index (κ3) is 3.03. The Morgan fingerprint density at radius 3 is 2.65 bits per heavy atom. The van der Waals surface area contributed by atoms with Gasteiger partial charge in [0.1, 0.15) is 5.82 Å². The second-order valence-corrected chi connectivity index (χ2v) is 3.98. The lowest BCUT2D eigenvalue weighted by Gasteiger charge is -2.08. The number of nitrogens with zero attached hydrogens (tertiary/aromatic N) is 1. The van der Waals surface area contributed by atoms with Gasteiger partial charge in [-0.15, -0.1) is 0 Å². The number of amides is 1. The van der Waals surface area contributed by atoms with E-state index in [1.807, 2.05) is 36.6 Å². The first kappa shape index (κ1) is 11.6. The Morgan fingerprint density at radius 1 is 1.29 bits per heavy atom. The molecule has 0 atom stereocenters. The van der Waals surface area contributed by atoms with Crippen LogP contribution in [0.5, 0.6) is 0 Å². The molecule has 17 heavy (non-hydrogen) atoms. The first-order valence-corrected chi connectivity index (χ1v) is 5.92. The molecule has 1 aromatic carbocycles. The SMILES string of the molecule is CCc1ccc(C(=O)NC2=CCCC=N2)cc1. The lowest BCUT2D eigenvalue weighted by molar-refractivity contribution is 0.0965. The average Bonchev–Trinajstić information content (AvgIpc) is 2.40. The van der Waals surface area contributed by atoms with Crippen LogP contribution < -0.4 is 5.32 Å². The van der Waals surface area contributed by atoms with E-state index in [1.165, 1.54) is 5.56 Å². The third-order valence-corrected chi connectivity index (χ3v) is 2.73. The first-order valence-electron chi connectivity index (χ1n) is 5.92. The number of rotatable bonds is 3. The minimum atomic E-state index is -0.0991. The predicted octanol–water partition coefficient (Wildman–Crippen LogP) is 2.68. The Morgan fingerprint density at radius 2 is 2.06 bits per heavy atom. The average molecular weight is 228 g/mol. The third-order valence-electron chi connectivity index (χ3n) is 2.73. The highest BCUT2D eigenvalue weighted by Crippen LogP contribution is 2.08. The van der Waals surface area contributed by atoms with E-state index in [0.29, 0.717) is 11.4 Å². The van der Waals surface area contributed by atoms with Crippen LogP contribution in [0.15, 0.2) is 41.2 Å². The molecule has 1 N–H and O–H groups in total. The number of carbonyl (C=O) groups is 1. The topological polar surface area (TPSA) is 41.5 Å². The summed E-state index contributed by atoms with van der Waals surface area (Å²) in [4.78, 5) is 16.0. The molecule has 3 nitrogen and oxygen atoms in total. The predicted molar refractivity (Wildman–Crippen MR) is 69.1 cm³/mol. The van der Waals surface area contributed by atoms with Crippen molar-refractivity contribution in [3.63, 3.8) is 0 Å². The van der Waals surface area contributed by atoms with E-state index in [-0.39, 0.29) is 5.91 Å². The molecule has 0 spiro atoms. The minimum absolute atomic E-state index is 0.0991. The van der Waals surface area contributed by atoms with Gasteiger partial charge in [0, 0.05) is 11.8 Å². The van der Waals surface area contributed by atoms with E-state index >= 15 is 0 Å². The number of nitrogens with one attached hydrogen (secondary N) is 1. The second kappa shape index (κ2) is 5.43. The molecule has 0 bridgehead atoms. The Kier molecular flexibility index (Phi) is 3.70. The molecule has 1 amide bonds. The normalized spacial score (nSPS) is 14.3. The Hall–Kier alpha value is -1.90. The molecular formula is C14H16N2O. The summed E-state index contributed by atoms with van der Waals surface area (Å²) in [5.41, 5.74) is 1.90. The van der Waals surface area contributed by atoms with E-state index in [9.17, 15) is 4.79 Å². The summed E-state index contributed by atoms with van der Waals surface area (Å²) in [6, 6.07) is 7.66. The van der Waals surface area contributed by atoms with Crippen molar-refractivity contribution in [3.05, 3.63) is 47.3 Å². The molecule has 0 aromatic heterocycles. The van der Waals surface area contributed by atoms with E-state index < -0.39 is 0 Å². The van der Waals surface area contributed by atoms with E-state index in [4.69, 9.17) is 0 Å². The molecule has 1 aromatic rings. The monoisotopic (exact) mass is 228 g/mol. The van der Waals surface area contributed by atoms with Crippen LogP contribution in [0, 0.1) is 0 Å². The maximum Gasteiger partial charge on any atom is 0.256 e. The highest BCUT2D eigenvalue weighted by molar-refractivity contribution is 5.95. The van der Waals surface area contributed by atoms with Gasteiger partial charge in [-0.1, -0.05) is 19.1 Å². The van der Waals surface area contributed by atoms with Crippen LogP contribution in [0.25, 0.3) is 0 Å². The zero-order valence-corrected chi connectivity index (χ0v) is 9.94. The molecule has 0 saturated carbocycles. The van der Waals surface area contributed by atoms with Crippen LogP contribution in [0.4, 0.5) is 0 Å². The van der Waals surface area contributed by atoms with Crippen molar-refractivity contribution in [1.29, 1.82) is 0 Å². The quantitative estimate of drug-likeness (QED) is 0.849. The number of aryl methyl sites for hydroxylation is 1. The maximum atomic E-state index is 11.9. The summed E-state index contributed by atoms with van der Waals surface area (Å²) in [5.74, 6) is 0.554. The number of benzene rings is 1. The number of allylic oxidation sites excluding steroid dienone is 1. The fourth-order valence-corrected chi connectivity index (χ4v) is 1.67. The van der Waals surface area contributed by atoms with Crippen molar-refractivity contribution in [1.82, 2.24) is 5.32 Å². The second-order valence-electron chi connectivity index (χ2n) is 3.98. The summed E-state index contributed by atoms with van der Waals surface area (Å²) in [5, 5.41) is 2.80. The molecular weight excluding hydrogens is 212 g/mol. The van der Waals surface area contributed by atoms with Crippen LogP contribution in [-0.4, -0.2) is 12.1 Å². The van der Waals surface area contributed by atoms with Crippen LogP contribution in [-0.2, 0) is 6.42 Å². The number of hydrogen-bond acceptors (Lipinski definition) is 2. The molecule has 1 aliphatic heterocycles. The maximum absolute atomic E-state index is 11.9. The van der Waals surface area contributed by atoms with Crippen molar-refractivity contribution in [2.24, 2.45) is 4.99 Å². The zero-order chi connectivity index (χ0) is 12.1. The molecule has 0 radical (unpaired) electrons. The Labute approximate surface area is 101 Å². The highest BCUT2D eigenvalue weighted by Gasteiger charge is 2.07. The van der Waals surface area contributed by atoms with Gasteiger partial charge in [0.2, 0.25) is 0 Å². The van der Waals surface area contributed by atoms with Gasteiger partial charge in [-0.25, -0.2) is 4.99 Å². The van der Waals surface area contributed by atoms with Gasteiger partial charge in [-0.2, -0.15) is 0 Å². The molecule has 88 valence electrons. The smallest absolute Gasteiger partial charge is 0.256 e. The minimum Gasteiger partial charge on any atom is -0.307 e. The summed E-state index contributed by atoms with van der Waals surface area (Å²) in [6.07, 6.45) is 6.64. The van der Waals surface area contributed by atoms with Gasteiger partial charge >= 0.3 is 0 Å². The molecule has 1 aliphatic rings. The van der Waals surface area contributed by atoms with Crippen molar-refractivity contribution >= 4 is 12.1 Å². The molecule has 3 heteroatoms. The van der Waals surface area contributed by atoms with Crippen LogP contribution in [0.1, 0.15) is 35.7 Å². The molecule has 0 unspecified atom stereocenters. The van der Waals surface area contributed by atoms with Gasteiger partial charge in [-0.05, 0) is 43.0 Å². The zero-order valence-electron chi connectivity index (χ0n) is 9.94. The van der Waals surface area contributed by atoms with E-state index in [1.54, 1.807) is 0 Å². The van der Waals surface area contributed by atoms with E-state index in [0.717, 1.165) is 19.3 Å². The first-order chi connectivity index (χ1) is 8.29. The highest BCUT2D eigenvalue weighted by atomic mass is 16.1. The van der Waals surface area contributed by atoms with Gasteiger partial charge in [0.25, 0.3) is 5.91 Å². The van der Waals surface area contributed by atoms with E-state index in [2.05, 4.69) is 17.2 Å². The lowest BCUT2D eigenvalue weighted by Crippen LogP contribution is -2.22. The van der Waals surface area contributed by atoms with Gasteiger partial charge in [0.05, 0.1) is 0 Å². The molecule has 0 aliphatic carbocycles. The van der Waals surface area contributed by atoms with Crippen molar-refractivity contribution in [2.75, 3.05) is 0 Å². The molecule has 2 rings (SSSR count). The molecule has 0 saturated heterocycles. The van der Waals surface area contributed by atoms with Crippen molar-refractivity contribution in [3.8, 4) is 0 Å². The summed E-state index contributed by atoms with van der Waals surface area (Å²) in [7, 11) is 0. The van der Waals surface area contributed by atoms with Gasteiger partial charge < -0.3 is 5.32 Å². The fourth-order valence-electron chi connectivity index (χ4n) is 1.67. The fraction of sp³-hybridized carbons (Fsp3) is 0.286. The van der Waals surface area contributed by atoms with Gasteiger partial charge in [0.15, 0.2) is 0 Å². The molecule has 1 heterocycles. The van der Waals surface area contributed by atoms with Crippen molar-refractivity contribution in [2.45, 2.75) is 26.2 Å². The van der Waals surface area contributed by atoms with Crippen LogP contribution in [0.2, 0.25) is 0 Å². The standard InChI is InChI=1S/C14H16N2O/c1-2-11-6-8-12(9-7-11)14(17)16-13-5-3-4-10-15-13/h5-10H,2-4H2,1H3,(H,16,17). The summed E-state index contributed by atoms with van der Waals surface area (Å²) >= 11 is 0. The van der Waals surface area contributed by atoms with Gasteiger partial charge in [-0.3, -0.25) is 4.79 Å². The number of aliphatic imine (C=N–C) groups is 1. The number of hydrogen-bond donors (Lipinski definition) is 1. The van der Waals surface area contributed by atoms with Crippen LogP contribution in [0.3, 0.4) is 0 Å². The molecule has 0 fully saturated rings. The lowest BCUT2D eigenvalue weighted by atomic mass is 10.1. The van der Waals surface area contributed by atoms with Crippen molar-refractivity contribution < 1.29 is 4.79 Å². The largest absolute Gasteiger partial charge is 0.307 e.